The molecule has 0 saturated heterocycles. The minimum Gasteiger partial charge on any atom is -0.334 e. The number of hydrogen-bond acceptors (Lipinski definition) is 1. The van der Waals surface area contributed by atoms with E-state index >= 15 is 0 Å². The Balaban J connectivity index is 2.13. The van der Waals surface area contributed by atoms with E-state index < -0.39 is 0 Å². The molecular formula is C22H19NS. The van der Waals surface area contributed by atoms with Crippen molar-refractivity contribution < 1.29 is 0 Å². The second kappa shape index (κ2) is 4.61. The zero-order valence-corrected chi connectivity index (χ0v) is 14.9. The standard InChI is InChI=1S/C22H19NS/c1-22(2,3)23-18-10-6-4-8-14(18)16-12-13-17-15-9-5-7-11-19(15)24-21(17)20(16)23/h4-13H,1-3H3. The number of para-hydroxylation sites is 1. The van der Waals surface area contributed by atoms with Gasteiger partial charge in [0, 0.05) is 37.3 Å². The lowest BCUT2D eigenvalue weighted by molar-refractivity contribution is 0.424. The van der Waals surface area contributed by atoms with E-state index in [-0.39, 0.29) is 5.54 Å². The first-order valence-electron chi connectivity index (χ1n) is 8.39. The van der Waals surface area contributed by atoms with Gasteiger partial charge < -0.3 is 4.57 Å². The molecule has 5 rings (SSSR count). The van der Waals surface area contributed by atoms with Gasteiger partial charge in [0.05, 0.1) is 10.2 Å². The average molecular weight is 329 g/mol. The van der Waals surface area contributed by atoms with E-state index in [1.165, 1.54) is 42.0 Å². The van der Waals surface area contributed by atoms with Crippen molar-refractivity contribution in [3.05, 3.63) is 60.7 Å². The third-order valence-electron chi connectivity index (χ3n) is 4.85. The van der Waals surface area contributed by atoms with E-state index in [1.54, 1.807) is 0 Å². The van der Waals surface area contributed by atoms with Crippen LogP contribution in [0.1, 0.15) is 20.8 Å². The molecule has 24 heavy (non-hydrogen) atoms. The molecule has 0 fully saturated rings. The van der Waals surface area contributed by atoms with Crippen molar-refractivity contribution in [2.75, 3.05) is 0 Å². The second-order valence-electron chi connectivity index (χ2n) is 7.46. The van der Waals surface area contributed by atoms with Crippen LogP contribution in [-0.2, 0) is 5.54 Å². The molecule has 0 radical (unpaired) electrons. The Labute approximate surface area is 145 Å². The molecule has 2 aromatic heterocycles. The van der Waals surface area contributed by atoms with Crippen LogP contribution < -0.4 is 0 Å². The van der Waals surface area contributed by atoms with Gasteiger partial charge in [-0.25, -0.2) is 0 Å². The molecule has 0 atom stereocenters. The second-order valence-corrected chi connectivity index (χ2v) is 8.51. The van der Waals surface area contributed by atoms with Crippen molar-refractivity contribution in [1.82, 2.24) is 4.57 Å². The van der Waals surface area contributed by atoms with E-state index in [2.05, 4.69) is 86.0 Å². The van der Waals surface area contributed by atoms with E-state index in [9.17, 15) is 0 Å². The van der Waals surface area contributed by atoms with Crippen molar-refractivity contribution in [2.24, 2.45) is 0 Å². The smallest absolute Gasteiger partial charge is 0.0677 e. The topological polar surface area (TPSA) is 4.93 Å². The fourth-order valence-electron chi connectivity index (χ4n) is 3.93. The molecule has 0 bridgehead atoms. The summed E-state index contributed by atoms with van der Waals surface area (Å²) in [5.41, 5.74) is 2.73. The monoisotopic (exact) mass is 329 g/mol. The Morgan fingerprint density at radius 2 is 1.38 bits per heavy atom. The quantitative estimate of drug-likeness (QED) is 0.291. The normalized spacial score (nSPS) is 12.8. The van der Waals surface area contributed by atoms with Crippen LogP contribution in [0.5, 0.6) is 0 Å². The molecule has 0 spiro atoms. The molecule has 0 amide bonds. The van der Waals surface area contributed by atoms with Gasteiger partial charge in [-0.15, -0.1) is 11.3 Å². The molecule has 0 aliphatic carbocycles. The summed E-state index contributed by atoms with van der Waals surface area (Å²) in [5.74, 6) is 0. The van der Waals surface area contributed by atoms with Gasteiger partial charge >= 0.3 is 0 Å². The summed E-state index contributed by atoms with van der Waals surface area (Å²) in [6.45, 7) is 6.89. The van der Waals surface area contributed by atoms with Crippen LogP contribution in [0.4, 0.5) is 0 Å². The Hall–Kier alpha value is -2.32. The van der Waals surface area contributed by atoms with Crippen LogP contribution >= 0.6 is 11.3 Å². The van der Waals surface area contributed by atoms with E-state index in [0.717, 1.165) is 0 Å². The summed E-state index contributed by atoms with van der Waals surface area (Å²) >= 11 is 1.92. The summed E-state index contributed by atoms with van der Waals surface area (Å²) in [5, 5.41) is 5.45. The van der Waals surface area contributed by atoms with Gasteiger partial charge in [-0.2, -0.15) is 0 Å². The van der Waals surface area contributed by atoms with Gasteiger partial charge in [0.15, 0.2) is 0 Å². The van der Waals surface area contributed by atoms with E-state index in [0.29, 0.717) is 0 Å². The molecule has 0 unspecified atom stereocenters. The maximum Gasteiger partial charge on any atom is 0.0677 e. The summed E-state index contributed by atoms with van der Waals surface area (Å²) in [4.78, 5) is 0. The highest BCUT2D eigenvalue weighted by Gasteiger charge is 2.22. The lowest BCUT2D eigenvalue weighted by Crippen LogP contribution is -2.21. The Kier molecular flexibility index (Phi) is 2.70. The van der Waals surface area contributed by atoms with Crippen molar-refractivity contribution >= 4 is 53.3 Å². The molecule has 0 aliphatic heterocycles. The van der Waals surface area contributed by atoms with Gasteiger partial charge in [-0.1, -0.05) is 48.5 Å². The number of fused-ring (bicyclic) bond motifs is 7. The lowest BCUT2D eigenvalue weighted by Gasteiger charge is -2.24. The van der Waals surface area contributed by atoms with Crippen molar-refractivity contribution in [1.29, 1.82) is 0 Å². The van der Waals surface area contributed by atoms with E-state index in [1.807, 2.05) is 11.3 Å². The molecule has 5 aromatic rings. The Bertz CT molecular complexity index is 1230. The summed E-state index contributed by atoms with van der Waals surface area (Å²) in [6, 6.07) is 22.1. The first-order valence-corrected chi connectivity index (χ1v) is 9.21. The third kappa shape index (κ3) is 1.75. The number of nitrogens with zero attached hydrogens (tertiary/aromatic N) is 1. The highest BCUT2D eigenvalue weighted by molar-refractivity contribution is 7.26. The molecule has 2 heterocycles. The maximum absolute atomic E-state index is 2.52. The average Bonchev–Trinajstić information content (AvgIpc) is 3.10. The lowest BCUT2D eigenvalue weighted by atomic mass is 10.1. The first kappa shape index (κ1) is 14.1. The number of benzene rings is 3. The highest BCUT2D eigenvalue weighted by atomic mass is 32.1. The van der Waals surface area contributed by atoms with Crippen LogP contribution in [-0.4, -0.2) is 4.57 Å². The fourth-order valence-corrected chi connectivity index (χ4v) is 5.17. The number of thiophene rings is 1. The minimum absolute atomic E-state index is 0.0335. The molecule has 0 saturated carbocycles. The first-order chi connectivity index (χ1) is 11.6. The SMILES string of the molecule is CC(C)(C)n1c2ccccc2c2ccc3c4ccccc4sc3c21. The van der Waals surface area contributed by atoms with Crippen LogP contribution in [0.2, 0.25) is 0 Å². The van der Waals surface area contributed by atoms with Crippen LogP contribution in [0.15, 0.2) is 60.7 Å². The molecule has 0 aliphatic rings. The zero-order chi connectivity index (χ0) is 16.5. The van der Waals surface area contributed by atoms with E-state index in [4.69, 9.17) is 0 Å². The molecule has 1 nitrogen and oxygen atoms in total. The van der Waals surface area contributed by atoms with Crippen LogP contribution in [0.25, 0.3) is 42.0 Å². The Morgan fingerprint density at radius 1 is 0.708 bits per heavy atom. The largest absolute Gasteiger partial charge is 0.334 e. The number of rotatable bonds is 0. The van der Waals surface area contributed by atoms with Crippen LogP contribution in [0.3, 0.4) is 0 Å². The predicted octanol–water partition coefficient (Wildman–Crippen LogP) is 6.92. The van der Waals surface area contributed by atoms with Gasteiger partial charge in [-0.3, -0.25) is 0 Å². The molecule has 2 heteroatoms. The summed E-state index contributed by atoms with van der Waals surface area (Å²) in [6.07, 6.45) is 0. The zero-order valence-electron chi connectivity index (χ0n) is 14.1. The van der Waals surface area contributed by atoms with Crippen LogP contribution in [0, 0.1) is 0 Å². The summed E-state index contributed by atoms with van der Waals surface area (Å²) < 4.78 is 5.29. The van der Waals surface area contributed by atoms with Gasteiger partial charge in [0.1, 0.15) is 0 Å². The molecule has 0 N–H and O–H groups in total. The fraction of sp³-hybridized carbons (Fsp3) is 0.182. The Morgan fingerprint density at radius 3 is 2.17 bits per heavy atom. The third-order valence-corrected chi connectivity index (χ3v) is 6.04. The molecular weight excluding hydrogens is 310 g/mol. The molecule has 3 aromatic carbocycles. The molecule has 118 valence electrons. The van der Waals surface area contributed by atoms with Gasteiger partial charge in [0.25, 0.3) is 0 Å². The van der Waals surface area contributed by atoms with Gasteiger partial charge in [0.2, 0.25) is 0 Å². The van der Waals surface area contributed by atoms with Crippen molar-refractivity contribution in [3.63, 3.8) is 0 Å². The van der Waals surface area contributed by atoms with Crippen molar-refractivity contribution in [2.45, 2.75) is 26.3 Å². The maximum atomic E-state index is 2.52. The van der Waals surface area contributed by atoms with Gasteiger partial charge in [-0.05, 0) is 32.9 Å². The predicted molar refractivity (Wildman–Crippen MR) is 107 cm³/mol. The minimum atomic E-state index is 0.0335. The number of hydrogen-bond donors (Lipinski definition) is 0. The summed E-state index contributed by atoms with van der Waals surface area (Å²) in [7, 11) is 0. The number of aromatic nitrogens is 1. The highest BCUT2D eigenvalue weighted by Crippen LogP contribution is 2.43. The van der Waals surface area contributed by atoms with Crippen molar-refractivity contribution in [3.8, 4) is 0 Å².